The largest absolute Gasteiger partial charge is 0.480 e. The molecule has 2 aliphatic heterocycles. The first-order chi connectivity index (χ1) is 13.8. The van der Waals surface area contributed by atoms with E-state index in [9.17, 15) is 19.5 Å². The first kappa shape index (κ1) is 21.5. The predicted octanol–water partition coefficient (Wildman–Crippen LogP) is 2.58. The molecule has 11 heteroatoms. The van der Waals surface area contributed by atoms with E-state index in [2.05, 4.69) is 21.0 Å². The number of carbonyl (C=O) groups is 3. The molecule has 0 aromatic heterocycles. The van der Waals surface area contributed by atoms with Gasteiger partial charge in [-0.25, -0.2) is 4.79 Å². The Balaban J connectivity index is 1.83. The second-order valence-electron chi connectivity index (χ2n) is 6.05. The summed E-state index contributed by atoms with van der Waals surface area (Å²) < 4.78 is 5.96. The van der Waals surface area contributed by atoms with Gasteiger partial charge in [0.05, 0.1) is 17.2 Å². The van der Waals surface area contributed by atoms with E-state index in [1.165, 1.54) is 11.2 Å². The van der Waals surface area contributed by atoms with Crippen molar-refractivity contribution < 1.29 is 24.2 Å². The molecule has 0 spiro atoms. The molecule has 29 heavy (non-hydrogen) atoms. The van der Waals surface area contributed by atoms with Crippen LogP contribution in [-0.4, -0.2) is 62.1 Å². The highest BCUT2D eigenvalue weighted by molar-refractivity contribution is 9.10. The van der Waals surface area contributed by atoms with Crippen molar-refractivity contribution in [3.8, 4) is 0 Å². The van der Waals surface area contributed by atoms with Gasteiger partial charge in [0.1, 0.15) is 10.9 Å². The second kappa shape index (κ2) is 9.06. The Morgan fingerprint density at radius 3 is 2.72 bits per heavy atom. The van der Waals surface area contributed by atoms with Gasteiger partial charge in [0.2, 0.25) is 0 Å². The maximum Gasteiger partial charge on any atom is 0.328 e. The average molecular weight is 498 g/mol. The number of carbonyl (C=O) groups excluding carboxylic acids is 2. The van der Waals surface area contributed by atoms with Crippen LogP contribution in [0.15, 0.2) is 44.9 Å². The molecule has 3 rings (SSSR count). The SMILES string of the molecule is CCOC(=O)CN1C(=O)/C(=C/N2N=C(c3ccc(Br)cc3)C[C@H]2C(=O)O)SC1=S. The van der Waals surface area contributed by atoms with Crippen molar-refractivity contribution in [1.29, 1.82) is 0 Å². The molecular weight excluding hydrogens is 482 g/mol. The van der Waals surface area contributed by atoms with E-state index in [-0.39, 0.29) is 28.8 Å². The molecule has 2 heterocycles. The zero-order valence-corrected chi connectivity index (χ0v) is 18.4. The molecule has 152 valence electrons. The van der Waals surface area contributed by atoms with E-state index in [0.717, 1.165) is 26.7 Å². The maximum atomic E-state index is 12.6. The van der Waals surface area contributed by atoms with Crippen molar-refractivity contribution in [1.82, 2.24) is 9.91 Å². The number of amides is 1. The van der Waals surface area contributed by atoms with Gasteiger partial charge in [0.15, 0.2) is 6.04 Å². The van der Waals surface area contributed by atoms with Crippen LogP contribution in [0.2, 0.25) is 0 Å². The lowest BCUT2D eigenvalue weighted by molar-refractivity contribution is -0.145. The summed E-state index contributed by atoms with van der Waals surface area (Å²) >= 11 is 9.53. The van der Waals surface area contributed by atoms with Gasteiger partial charge in [-0.15, -0.1) is 0 Å². The molecule has 0 bridgehead atoms. The summed E-state index contributed by atoms with van der Waals surface area (Å²) in [5.41, 5.74) is 1.40. The summed E-state index contributed by atoms with van der Waals surface area (Å²) in [6.45, 7) is 1.58. The lowest BCUT2D eigenvalue weighted by Gasteiger charge is -2.16. The fraction of sp³-hybridized carbons (Fsp3) is 0.278. The summed E-state index contributed by atoms with van der Waals surface area (Å²) in [4.78, 5) is 37.3. The van der Waals surface area contributed by atoms with Crippen LogP contribution in [0.5, 0.6) is 0 Å². The molecule has 1 aromatic carbocycles. The fourth-order valence-corrected chi connectivity index (χ4v) is 4.23. The lowest BCUT2D eigenvalue weighted by Crippen LogP contribution is -2.35. The summed E-state index contributed by atoms with van der Waals surface area (Å²) in [6.07, 6.45) is 1.56. The summed E-state index contributed by atoms with van der Waals surface area (Å²) in [7, 11) is 0. The number of benzene rings is 1. The minimum Gasteiger partial charge on any atom is -0.480 e. The number of rotatable bonds is 6. The van der Waals surface area contributed by atoms with E-state index in [1.54, 1.807) is 6.92 Å². The molecule has 0 saturated carbocycles. The Bertz CT molecular complexity index is 932. The smallest absolute Gasteiger partial charge is 0.328 e. The van der Waals surface area contributed by atoms with Crippen LogP contribution in [0.1, 0.15) is 18.9 Å². The number of ether oxygens (including phenoxy) is 1. The fourth-order valence-electron chi connectivity index (χ4n) is 2.75. The molecule has 1 atom stereocenters. The van der Waals surface area contributed by atoms with E-state index < -0.39 is 23.9 Å². The highest BCUT2D eigenvalue weighted by atomic mass is 79.9. The third-order valence-electron chi connectivity index (χ3n) is 4.12. The highest BCUT2D eigenvalue weighted by Gasteiger charge is 2.37. The number of hydrogen-bond acceptors (Lipinski definition) is 8. The molecule has 8 nitrogen and oxygen atoms in total. The molecular formula is C18H16BrN3O5S2. The quantitative estimate of drug-likeness (QED) is 0.363. The van der Waals surface area contributed by atoms with Crippen molar-refractivity contribution in [3.05, 3.63) is 45.4 Å². The minimum atomic E-state index is -1.06. The minimum absolute atomic E-state index is 0.191. The first-order valence-electron chi connectivity index (χ1n) is 8.55. The average Bonchev–Trinajstić information content (AvgIpc) is 3.20. The third kappa shape index (κ3) is 4.85. The molecule has 1 N–H and O–H groups in total. The molecule has 0 unspecified atom stereocenters. The number of esters is 1. The first-order valence-corrected chi connectivity index (χ1v) is 10.6. The number of halogens is 1. The number of thioether (sulfide) groups is 1. The second-order valence-corrected chi connectivity index (χ2v) is 8.64. The summed E-state index contributed by atoms with van der Waals surface area (Å²) in [5, 5.41) is 15.2. The summed E-state index contributed by atoms with van der Waals surface area (Å²) in [5.74, 6) is -2.10. The standard InChI is InChI=1S/C18H16BrN3O5S2/c1-2-27-15(23)9-21-16(24)14(29-18(21)28)8-22-13(17(25)26)7-12(20-22)10-3-5-11(19)6-4-10/h3-6,8,13H,2,7,9H2,1H3,(H,25,26)/b14-8-/t13-/m0/s1. The van der Waals surface area contributed by atoms with Crippen LogP contribution in [0.25, 0.3) is 0 Å². The predicted molar refractivity (Wildman–Crippen MR) is 115 cm³/mol. The molecule has 2 aliphatic rings. The van der Waals surface area contributed by atoms with Crippen LogP contribution in [0.4, 0.5) is 0 Å². The van der Waals surface area contributed by atoms with Crippen molar-refractivity contribution in [2.45, 2.75) is 19.4 Å². The summed E-state index contributed by atoms with van der Waals surface area (Å²) in [6, 6.07) is 6.42. The molecule has 0 aliphatic carbocycles. The topological polar surface area (TPSA) is 99.5 Å². The number of hydrazone groups is 1. The van der Waals surface area contributed by atoms with Crippen molar-refractivity contribution in [2.75, 3.05) is 13.2 Å². The molecule has 1 aromatic rings. The van der Waals surface area contributed by atoms with E-state index in [0.29, 0.717) is 5.71 Å². The monoisotopic (exact) mass is 497 g/mol. The van der Waals surface area contributed by atoms with Crippen LogP contribution < -0.4 is 0 Å². The highest BCUT2D eigenvalue weighted by Crippen LogP contribution is 2.33. The Morgan fingerprint density at radius 1 is 1.41 bits per heavy atom. The number of thiocarbonyl (C=S) groups is 1. The van der Waals surface area contributed by atoms with Crippen LogP contribution in [0, 0.1) is 0 Å². The number of aliphatic carboxylic acids is 1. The van der Waals surface area contributed by atoms with Crippen LogP contribution >= 0.6 is 39.9 Å². The molecule has 1 amide bonds. The van der Waals surface area contributed by atoms with Gasteiger partial charge < -0.3 is 9.84 Å². The Labute approximate surface area is 184 Å². The van der Waals surface area contributed by atoms with Crippen LogP contribution in [-0.2, 0) is 19.1 Å². The number of carboxylic acid groups (broad SMARTS) is 1. The van der Waals surface area contributed by atoms with Gasteiger partial charge in [0.25, 0.3) is 5.91 Å². The third-order valence-corrected chi connectivity index (χ3v) is 6.01. The maximum absolute atomic E-state index is 12.6. The van der Waals surface area contributed by atoms with E-state index in [4.69, 9.17) is 17.0 Å². The van der Waals surface area contributed by atoms with E-state index >= 15 is 0 Å². The molecule has 0 radical (unpaired) electrons. The Hall–Kier alpha value is -2.24. The van der Waals surface area contributed by atoms with Gasteiger partial charge in [0, 0.05) is 17.1 Å². The van der Waals surface area contributed by atoms with Gasteiger partial charge in [-0.2, -0.15) is 5.10 Å². The Kier molecular flexibility index (Phi) is 6.70. The van der Waals surface area contributed by atoms with Gasteiger partial charge >= 0.3 is 11.9 Å². The zero-order valence-electron chi connectivity index (χ0n) is 15.2. The number of hydrogen-bond donors (Lipinski definition) is 1. The van der Waals surface area contributed by atoms with Gasteiger partial charge in [-0.05, 0) is 24.6 Å². The number of carboxylic acids is 1. The van der Waals surface area contributed by atoms with Gasteiger partial charge in [-0.1, -0.05) is 52.0 Å². The van der Waals surface area contributed by atoms with Crippen molar-refractivity contribution in [2.24, 2.45) is 5.10 Å². The molecule has 1 saturated heterocycles. The lowest BCUT2D eigenvalue weighted by atomic mass is 10.0. The number of nitrogens with zero attached hydrogens (tertiary/aromatic N) is 3. The van der Waals surface area contributed by atoms with Gasteiger partial charge in [-0.3, -0.25) is 19.5 Å². The van der Waals surface area contributed by atoms with E-state index in [1.807, 2.05) is 24.3 Å². The zero-order chi connectivity index (χ0) is 21.1. The normalized spacial score (nSPS) is 20.4. The Morgan fingerprint density at radius 2 is 2.10 bits per heavy atom. The van der Waals surface area contributed by atoms with Crippen LogP contribution in [0.3, 0.4) is 0 Å². The van der Waals surface area contributed by atoms with Crippen molar-refractivity contribution >= 4 is 67.8 Å². The van der Waals surface area contributed by atoms with Crippen molar-refractivity contribution in [3.63, 3.8) is 0 Å². The molecule has 1 fully saturated rings.